The highest BCUT2D eigenvalue weighted by Gasteiger charge is 2.25. The van der Waals surface area contributed by atoms with Gasteiger partial charge in [0.2, 0.25) is 0 Å². The zero-order chi connectivity index (χ0) is 25.2. The van der Waals surface area contributed by atoms with E-state index in [1.807, 2.05) is 67.5 Å². The number of thiazole rings is 1. The summed E-state index contributed by atoms with van der Waals surface area (Å²) in [6, 6.07) is 18.1. The number of halogens is 2. The van der Waals surface area contributed by atoms with Crippen LogP contribution in [0, 0.1) is 12.7 Å². The number of hydrogen-bond donors (Lipinski definition) is 0. The Kier molecular flexibility index (Phi) is 8.39. The molecule has 0 N–H and O–H groups in total. The quantitative estimate of drug-likeness (QED) is 0.214. The van der Waals surface area contributed by atoms with E-state index >= 15 is 0 Å². The van der Waals surface area contributed by atoms with Crippen molar-refractivity contribution in [3.8, 4) is 16.9 Å². The first-order valence-corrected chi connectivity index (χ1v) is 13.3. The smallest absolute Gasteiger partial charge is 0.270 e. The van der Waals surface area contributed by atoms with Gasteiger partial charge in [-0.2, -0.15) is 5.10 Å². The van der Waals surface area contributed by atoms with Crippen LogP contribution in [0.3, 0.4) is 0 Å². The number of rotatable bonds is 8. The standard InChI is InChI=1S/C27H26FN5OS2.ClH/c1-18-22-16-24(36-26(22)33(30-18)21-8-5-4-6-9-21)25(34)32(15-7-14-31(2)3)27-29-23(17-35-27)19-10-12-20(28)13-11-19;/h4-6,8-13,16-17H,7,14-15H2,1-3H3;1H. The predicted molar refractivity (Wildman–Crippen MR) is 153 cm³/mol. The van der Waals surface area contributed by atoms with Crippen molar-refractivity contribution in [2.45, 2.75) is 13.3 Å². The lowest BCUT2D eigenvalue weighted by atomic mass is 10.2. The van der Waals surface area contributed by atoms with E-state index in [1.165, 1.54) is 34.8 Å². The zero-order valence-corrected chi connectivity index (χ0v) is 23.2. The first-order valence-electron chi connectivity index (χ1n) is 11.6. The summed E-state index contributed by atoms with van der Waals surface area (Å²) in [7, 11) is 4.04. The predicted octanol–water partition coefficient (Wildman–Crippen LogP) is 6.68. The molecule has 10 heteroatoms. The number of benzene rings is 2. The molecule has 37 heavy (non-hydrogen) atoms. The molecule has 3 heterocycles. The minimum absolute atomic E-state index is 0. The number of carbonyl (C=O) groups excluding carboxylic acids is 1. The molecule has 0 saturated carbocycles. The summed E-state index contributed by atoms with van der Waals surface area (Å²) in [4.78, 5) is 24.1. The van der Waals surface area contributed by atoms with Crippen molar-refractivity contribution in [1.82, 2.24) is 19.7 Å². The molecule has 0 unspecified atom stereocenters. The molecule has 1 amide bonds. The molecule has 192 valence electrons. The van der Waals surface area contributed by atoms with Crippen molar-refractivity contribution in [3.63, 3.8) is 0 Å². The van der Waals surface area contributed by atoms with E-state index in [-0.39, 0.29) is 24.1 Å². The van der Waals surface area contributed by atoms with Crippen LogP contribution in [0.5, 0.6) is 0 Å². The van der Waals surface area contributed by atoms with Crippen LogP contribution in [-0.2, 0) is 0 Å². The van der Waals surface area contributed by atoms with Crippen molar-refractivity contribution in [1.29, 1.82) is 0 Å². The number of aromatic nitrogens is 3. The molecule has 0 aliphatic rings. The maximum atomic E-state index is 13.8. The van der Waals surface area contributed by atoms with Gasteiger partial charge in [-0.3, -0.25) is 9.69 Å². The monoisotopic (exact) mass is 555 g/mol. The number of fused-ring (bicyclic) bond motifs is 1. The summed E-state index contributed by atoms with van der Waals surface area (Å²) >= 11 is 2.87. The Labute approximate surface area is 229 Å². The SMILES string of the molecule is Cc1nn(-c2ccccc2)c2sc(C(=O)N(CCCN(C)C)c3nc(-c4ccc(F)cc4)cs3)cc12.Cl. The number of hydrogen-bond acceptors (Lipinski definition) is 6. The van der Waals surface area contributed by atoms with E-state index in [2.05, 4.69) is 4.90 Å². The van der Waals surface area contributed by atoms with Gasteiger partial charge in [-0.15, -0.1) is 35.1 Å². The van der Waals surface area contributed by atoms with Gasteiger partial charge in [-0.05, 0) is 76.4 Å². The lowest BCUT2D eigenvalue weighted by molar-refractivity contribution is 0.0990. The van der Waals surface area contributed by atoms with Gasteiger partial charge in [0.05, 0.1) is 22.0 Å². The molecule has 0 radical (unpaired) electrons. The maximum Gasteiger partial charge on any atom is 0.270 e. The van der Waals surface area contributed by atoms with Gasteiger partial charge in [0.25, 0.3) is 5.91 Å². The van der Waals surface area contributed by atoms with Crippen LogP contribution in [-0.4, -0.2) is 52.8 Å². The maximum absolute atomic E-state index is 13.8. The molecule has 0 fully saturated rings. The first-order chi connectivity index (χ1) is 17.4. The molecule has 6 nitrogen and oxygen atoms in total. The largest absolute Gasteiger partial charge is 0.309 e. The van der Waals surface area contributed by atoms with Gasteiger partial charge < -0.3 is 4.90 Å². The molecule has 5 aromatic rings. The lowest BCUT2D eigenvalue weighted by Gasteiger charge is -2.20. The highest BCUT2D eigenvalue weighted by atomic mass is 35.5. The van der Waals surface area contributed by atoms with Gasteiger partial charge in [-0.25, -0.2) is 14.1 Å². The fourth-order valence-electron chi connectivity index (χ4n) is 4.00. The number of nitrogens with zero attached hydrogens (tertiary/aromatic N) is 5. The number of para-hydroxylation sites is 1. The van der Waals surface area contributed by atoms with Gasteiger partial charge >= 0.3 is 0 Å². The Hall–Kier alpha value is -3.11. The second kappa shape index (κ2) is 11.5. The van der Waals surface area contributed by atoms with Crippen LogP contribution in [0.1, 0.15) is 21.8 Å². The van der Waals surface area contributed by atoms with Crippen molar-refractivity contribution in [3.05, 3.63) is 82.4 Å². The molecule has 0 spiro atoms. The molecule has 0 bridgehead atoms. The number of anilines is 1. The second-order valence-corrected chi connectivity index (χ2v) is 10.7. The fraction of sp³-hybridized carbons (Fsp3) is 0.222. The summed E-state index contributed by atoms with van der Waals surface area (Å²) in [5, 5.41) is 8.22. The number of aryl methyl sites for hydroxylation is 1. The van der Waals surface area contributed by atoms with Gasteiger partial charge in [0.15, 0.2) is 5.13 Å². The van der Waals surface area contributed by atoms with Gasteiger partial charge in [-0.1, -0.05) is 18.2 Å². The number of amides is 1. The molecule has 0 atom stereocenters. The van der Waals surface area contributed by atoms with Gasteiger partial charge in [0, 0.05) is 22.9 Å². The molecule has 0 aliphatic heterocycles. The lowest BCUT2D eigenvalue weighted by Crippen LogP contribution is -2.33. The van der Waals surface area contributed by atoms with E-state index in [0.717, 1.165) is 45.8 Å². The Morgan fingerprint density at radius 1 is 1.05 bits per heavy atom. The van der Waals surface area contributed by atoms with Crippen LogP contribution < -0.4 is 4.90 Å². The van der Waals surface area contributed by atoms with E-state index in [1.54, 1.807) is 17.0 Å². The highest BCUT2D eigenvalue weighted by molar-refractivity contribution is 7.20. The third-order valence-electron chi connectivity index (χ3n) is 5.85. The van der Waals surface area contributed by atoms with E-state index in [9.17, 15) is 9.18 Å². The van der Waals surface area contributed by atoms with Crippen molar-refractivity contribution < 1.29 is 9.18 Å². The van der Waals surface area contributed by atoms with Crippen LogP contribution in [0.4, 0.5) is 9.52 Å². The van der Waals surface area contributed by atoms with Crippen molar-refractivity contribution >= 4 is 56.3 Å². The zero-order valence-electron chi connectivity index (χ0n) is 20.7. The summed E-state index contributed by atoms with van der Waals surface area (Å²) < 4.78 is 15.3. The van der Waals surface area contributed by atoms with Crippen LogP contribution in [0.25, 0.3) is 27.2 Å². The molecule has 0 saturated heterocycles. The van der Waals surface area contributed by atoms with Gasteiger partial charge in [0.1, 0.15) is 10.6 Å². The number of carbonyl (C=O) groups is 1. The Balaban J connectivity index is 0.00000320. The minimum atomic E-state index is -0.288. The average Bonchev–Trinajstić information content (AvgIpc) is 3.59. The molecule has 2 aromatic carbocycles. The summed E-state index contributed by atoms with van der Waals surface area (Å²) in [5.41, 5.74) is 3.40. The Morgan fingerprint density at radius 3 is 2.49 bits per heavy atom. The summed E-state index contributed by atoms with van der Waals surface area (Å²) in [6.45, 7) is 3.37. The van der Waals surface area contributed by atoms with E-state index < -0.39 is 0 Å². The second-order valence-electron chi connectivity index (χ2n) is 8.80. The van der Waals surface area contributed by atoms with E-state index in [4.69, 9.17) is 10.1 Å². The Bertz CT molecular complexity index is 1490. The van der Waals surface area contributed by atoms with Crippen molar-refractivity contribution in [2.75, 3.05) is 32.1 Å². The molecular weight excluding hydrogens is 529 g/mol. The average molecular weight is 556 g/mol. The van der Waals surface area contributed by atoms with Crippen LogP contribution >= 0.6 is 35.1 Å². The third kappa shape index (κ3) is 5.75. The highest BCUT2D eigenvalue weighted by Crippen LogP contribution is 2.34. The first kappa shape index (κ1) is 26.9. The minimum Gasteiger partial charge on any atom is -0.309 e. The van der Waals surface area contributed by atoms with Crippen molar-refractivity contribution in [2.24, 2.45) is 0 Å². The topological polar surface area (TPSA) is 54.3 Å². The molecular formula is C27H27ClFN5OS2. The number of thiophene rings is 1. The summed E-state index contributed by atoms with van der Waals surface area (Å²) in [6.07, 6.45) is 0.811. The Morgan fingerprint density at radius 2 is 1.78 bits per heavy atom. The molecule has 5 rings (SSSR count). The fourth-order valence-corrected chi connectivity index (χ4v) is 5.99. The van der Waals surface area contributed by atoms with Crippen LogP contribution in [0.15, 0.2) is 66.0 Å². The molecule has 3 aromatic heterocycles. The third-order valence-corrected chi connectivity index (χ3v) is 7.81. The normalized spacial score (nSPS) is 11.2. The summed E-state index contributed by atoms with van der Waals surface area (Å²) in [5.74, 6) is -0.363. The molecule has 0 aliphatic carbocycles. The van der Waals surface area contributed by atoms with E-state index in [0.29, 0.717) is 16.6 Å². The van der Waals surface area contributed by atoms with Crippen LogP contribution in [0.2, 0.25) is 0 Å².